The number of anilines is 1. The van der Waals surface area contributed by atoms with Gasteiger partial charge in [-0.2, -0.15) is 0 Å². The van der Waals surface area contributed by atoms with Crippen LogP contribution in [0.15, 0.2) is 24.3 Å². The van der Waals surface area contributed by atoms with Gasteiger partial charge in [-0.25, -0.2) is 0 Å². The van der Waals surface area contributed by atoms with E-state index in [-0.39, 0.29) is 11.8 Å². The van der Waals surface area contributed by atoms with Gasteiger partial charge in [-0.3, -0.25) is 4.79 Å². The highest BCUT2D eigenvalue weighted by Crippen LogP contribution is 2.20. The molecule has 2 N–H and O–H groups in total. The number of amides is 1. The lowest BCUT2D eigenvalue weighted by Gasteiger charge is -2.27. The molecule has 0 bridgehead atoms. The number of benzene rings is 1. The van der Waals surface area contributed by atoms with Gasteiger partial charge in [0.2, 0.25) is 5.91 Å². The van der Waals surface area contributed by atoms with E-state index in [2.05, 4.69) is 17.6 Å². The van der Waals surface area contributed by atoms with E-state index >= 15 is 0 Å². The Morgan fingerprint density at radius 1 is 1.42 bits per heavy atom. The summed E-state index contributed by atoms with van der Waals surface area (Å²) in [5, 5.41) is 6.33. The Bertz CT molecular complexity index is 417. The van der Waals surface area contributed by atoms with Crippen molar-refractivity contribution in [2.75, 3.05) is 18.5 Å². The van der Waals surface area contributed by atoms with Crippen molar-refractivity contribution in [3.05, 3.63) is 24.3 Å². The van der Waals surface area contributed by atoms with Crippen molar-refractivity contribution in [2.24, 2.45) is 5.92 Å². The number of hydrogen-bond donors (Lipinski definition) is 2. The second kappa shape index (κ2) is 6.57. The average molecular weight is 262 g/mol. The number of carbonyl (C=O) groups excluding carboxylic acids is 1. The maximum absolute atomic E-state index is 12.2. The van der Waals surface area contributed by atoms with Crippen LogP contribution in [-0.2, 0) is 4.79 Å². The summed E-state index contributed by atoms with van der Waals surface area (Å²) < 4.78 is 5.38. The van der Waals surface area contributed by atoms with Gasteiger partial charge >= 0.3 is 0 Å². The van der Waals surface area contributed by atoms with E-state index in [4.69, 9.17) is 4.74 Å². The standard InChI is InChI=1S/C15H22N2O2/c1-3-19-14-6-4-13(5-7-14)17-15(18)12-8-9-16-11(2)10-12/h4-7,11-12,16H,3,8-10H2,1-2H3,(H,17,18). The molecule has 0 aromatic heterocycles. The molecule has 1 saturated heterocycles. The van der Waals surface area contributed by atoms with Gasteiger partial charge in [-0.1, -0.05) is 0 Å². The number of ether oxygens (including phenoxy) is 1. The van der Waals surface area contributed by atoms with E-state index in [0.29, 0.717) is 12.6 Å². The molecule has 1 aromatic rings. The number of hydrogen-bond acceptors (Lipinski definition) is 3. The molecule has 0 saturated carbocycles. The van der Waals surface area contributed by atoms with Crippen molar-refractivity contribution in [1.29, 1.82) is 0 Å². The summed E-state index contributed by atoms with van der Waals surface area (Å²) in [5.41, 5.74) is 0.833. The number of carbonyl (C=O) groups is 1. The SMILES string of the molecule is CCOc1ccc(NC(=O)C2CCNC(C)C2)cc1. The fourth-order valence-corrected chi connectivity index (χ4v) is 2.42. The monoisotopic (exact) mass is 262 g/mol. The van der Waals surface area contributed by atoms with Crippen LogP contribution in [0.4, 0.5) is 5.69 Å². The summed E-state index contributed by atoms with van der Waals surface area (Å²) in [5.74, 6) is 1.07. The summed E-state index contributed by atoms with van der Waals surface area (Å²) >= 11 is 0. The highest BCUT2D eigenvalue weighted by molar-refractivity contribution is 5.92. The molecule has 1 aromatic carbocycles. The Labute approximate surface area is 114 Å². The van der Waals surface area contributed by atoms with Gasteiger partial charge < -0.3 is 15.4 Å². The van der Waals surface area contributed by atoms with Crippen LogP contribution in [0.25, 0.3) is 0 Å². The van der Waals surface area contributed by atoms with Crippen molar-refractivity contribution in [2.45, 2.75) is 32.7 Å². The topological polar surface area (TPSA) is 50.4 Å². The average Bonchev–Trinajstić information content (AvgIpc) is 2.41. The minimum atomic E-state index is 0.114. The number of piperidine rings is 1. The van der Waals surface area contributed by atoms with Crippen molar-refractivity contribution in [1.82, 2.24) is 5.32 Å². The highest BCUT2D eigenvalue weighted by Gasteiger charge is 2.24. The number of rotatable bonds is 4. The molecule has 1 aliphatic rings. The first-order valence-electron chi connectivity index (χ1n) is 6.96. The Morgan fingerprint density at radius 3 is 2.79 bits per heavy atom. The predicted molar refractivity (Wildman–Crippen MR) is 76.4 cm³/mol. The normalized spacial score (nSPS) is 22.8. The van der Waals surface area contributed by atoms with Crippen molar-refractivity contribution < 1.29 is 9.53 Å². The molecule has 19 heavy (non-hydrogen) atoms. The van der Waals surface area contributed by atoms with Gasteiger partial charge in [-0.05, 0) is 57.5 Å². The first-order chi connectivity index (χ1) is 9.19. The van der Waals surface area contributed by atoms with Gasteiger partial charge in [0.25, 0.3) is 0 Å². The summed E-state index contributed by atoms with van der Waals surface area (Å²) in [6, 6.07) is 7.94. The van der Waals surface area contributed by atoms with Crippen LogP contribution in [0.1, 0.15) is 26.7 Å². The summed E-state index contributed by atoms with van der Waals surface area (Å²) in [4.78, 5) is 12.2. The van der Waals surface area contributed by atoms with Crippen LogP contribution in [0, 0.1) is 5.92 Å². The van der Waals surface area contributed by atoms with Crippen LogP contribution in [0.5, 0.6) is 5.75 Å². The van der Waals surface area contributed by atoms with Crippen molar-refractivity contribution in [3.8, 4) is 5.75 Å². The van der Waals surface area contributed by atoms with Gasteiger partial charge in [0, 0.05) is 17.6 Å². The molecule has 4 heteroatoms. The molecule has 1 fully saturated rings. The molecule has 2 unspecified atom stereocenters. The van der Waals surface area contributed by atoms with Gasteiger partial charge in [0.1, 0.15) is 5.75 Å². The third kappa shape index (κ3) is 3.96. The molecule has 4 nitrogen and oxygen atoms in total. The van der Waals surface area contributed by atoms with Gasteiger partial charge in [0.05, 0.1) is 6.61 Å². The zero-order chi connectivity index (χ0) is 13.7. The second-order valence-corrected chi connectivity index (χ2v) is 5.02. The summed E-state index contributed by atoms with van der Waals surface area (Å²) in [6.07, 6.45) is 1.82. The molecular weight excluding hydrogens is 240 g/mol. The Balaban J connectivity index is 1.90. The quantitative estimate of drug-likeness (QED) is 0.876. The summed E-state index contributed by atoms with van der Waals surface area (Å²) in [7, 11) is 0. The maximum atomic E-state index is 12.2. The Morgan fingerprint density at radius 2 is 2.16 bits per heavy atom. The van der Waals surface area contributed by atoms with Gasteiger partial charge in [-0.15, -0.1) is 0 Å². The van der Waals surface area contributed by atoms with E-state index in [9.17, 15) is 4.79 Å². The molecule has 0 aliphatic carbocycles. The molecular formula is C15H22N2O2. The van der Waals surface area contributed by atoms with E-state index in [1.165, 1.54) is 0 Å². The highest BCUT2D eigenvalue weighted by atomic mass is 16.5. The minimum Gasteiger partial charge on any atom is -0.494 e. The molecule has 2 rings (SSSR count). The predicted octanol–water partition coefficient (Wildman–Crippen LogP) is 2.41. The Hall–Kier alpha value is -1.55. The van der Waals surface area contributed by atoms with E-state index in [1.54, 1.807) is 0 Å². The van der Waals surface area contributed by atoms with E-state index in [1.807, 2.05) is 31.2 Å². The second-order valence-electron chi connectivity index (χ2n) is 5.02. The van der Waals surface area contributed by atoms with Crippen LogP contribution in [0.2, 0.25) is 0 Å². The van der Waals surface area contributed by atoms with E-state index in [0.717, 1.165) is 30.8 Å². The zero-order valence-corrected chi connectivity index (χ0v) is 11.6. The van der Waals surface area contributed by atoms with Crippen molar-refractivity contribution in [3.63, 3.8) is 0 Å². The third-order valence-electron chi connectivity index (χ3n) is 3.43. The lowest BCUT2D eigenvalue weighted by atomic mass is 9.92. The van der Waals surface area contributed by atoms with Crippen LogP contribution >= 0.6 is 0 Å². The lowest BCUT2D eigenvalue weighted by Crippen LogP contribution is -2.40. The summed E-state index contributed by atoms with van der Waals surface area (Å²) in [6.45, 7) is 5.64. The molecule has 2 atom stereocenters. The molecule has 0 radical (unpaired) electrons. The maximum Gasteiger partial charge on any atom is 0.227 e. The lowest BCUT2D eigenvalue weighted by molar-refractivity contribution is -0.120. The van der Waals surface area contributed by atoms with Crippen molar-refractivity contribution >= 4 is 11.6 Å². The fourth-order valence-electron chi connectivity index (χ4n) is 2.42. The third-order valence-corrected chi connectivity index (χ3v) is 3.43. The van der Waals surface area contributed by atoms with Crippen LogP contribution in [-0.4, -0.2) is 25.1 Å². The molecule has 1 heterocycles. The zero-order valence-electron chi connectivity index (χ0n) is 11.6. The number of nitrogens with one attached hydrogen (secondary N) is 2. The minimum absolute atomic E-state index is 0.114. The fraction of sp³-hybridized carbons (Fsp3) is 0.533. The Kier molecular flexibility index (Phi) is 4.80. The van der Waals surface area contributed by atoms with Crippen LogP contribution in [0.3, 0.4) is 0 Å². The molecule has 1 amide bonds. The van der Waals surface area contributed by atoms with Gasteiger partial charge in [0.15, 0.2) is 0 Å². The first kappa shape index (κ1) is 13.9. The first-order valence-corrected chi connectivity index (χ1v) is 6.96. The largest absolute Gasteiger partial charge is 0.494 e. The molecule has 0 spiro atoms. The smallest absolute Gasteiger partial charge is 0.227 e. The molecule has 104 valence electrons. The van der Waals surface area contributed by atoms with Crippen LogP contribution < -0.4 is 15.4 Å². The molecule has 1 aliphatic heterocycles. The van der Waals surface area contributed by atoms with E-state index < -0.39 is 0 Å².